The average Bonchev–Trinajstić information content (AvgIpc) is 1.80. The molecule has 0 saturated heterocycles. The van der Waals surface area contributed by atoms with Gasteiger partial charge in [-0.25, -0.2) is 4.39 Å². The molecule has 1 rings (SSSR count). The summed E-state index contributed by atoms with van der Waals surface area (Å²) in [5, 5.41) is 0. The van der Waals surface area contributed by atoms with E-state index in [1.165, 1.54) is 5.57 Å². The molecular weight excluding hydrogens is 115 g/mol. The Morgan fingerprint density at radius 3 is 2.78 bits per heavy atom. The zero-order chi connectivity index (χ0) is 6.85. The van der Waals surface area contributed by atoms with Crippen LogP contribution >= 0.6 is 0 Å². The fourth-order valence-corrected chi connectivity index (χ4v) is 1.13. The van der Waals surface area contributed by atoms with Crippen molar-refractivity contribution in [1.29, 1.82) is 0 Å². The van der Waals surface area contributed by atoms with Gasteiger partial charge in [-0.15, -0.1) is 0 Å². The summed E-state index contributed by atoms with van der Waals surface area (Å²) in [6.45, 7) is 3.96. The molecule has 1 aliphatic rings. The standard InChI is InChI=1S/C8H13F/c1-6-3-4-7(2)8(9)5-6/h3,7-8H,4-5H2,1-2H3. The smallest absolute Gasteiger partial charge is 0.107 e. The molecule has 0 heterocycles. The molecule has 1 aliphatic carbocycles. The minimum atomic E-state index is -0.588. The number of hydrogen-bond donors (Lipinski definition) is 0. The van der Waals surface area contributed by atoms with Gasteiger partial charge in [-0.1, -0.05) is 18.6 Å². The highest BCUT2D eigenvalue weighted by molar-refractivity contribution is 5.05. The second-order valence-electron chi connectivity index (χ2n) is 2.98. The van der Waals surface area contributed by atoms with Crippen LogP contribution < -0.4 is 0 Å². The van der Waals surface area contributed by atoms with E-state index in [9.17, 15) is 4.39 Å². The van der Waals surface area contributed by atoms with Gasteiger partial charge in [0.15, 0.2) is 0 Å². The molecule has 0 aromatic heterocycles. The second-order valence-corrected chi connectivity index (χ2v) is 2.98. The van der Waals surface area contributed by atoms with Crippen molar-refractivity contribution in [3.63, 3.8) is 0 Å². The molecule has 0 amide bonds. The maximum atomic E-state index is 12.8. The van der Waals surface area contributed by atoms with Crippen LogP contribution in [0.3, 0.4) is 0 Å². The average molecular weight is 128 g/mol. The van der Waals surface area contributed by atoms with E-state index in [0.29, 0.717) is 6.42 Å². The van der Waals surface area contributed by atoms with E-state index in [4.69, 9.17) is 0 Å². The zero-order valence-electron chi connectivity index (χ0n) is 6.02. The summed E-state index contributed by atoms with van der Waals surface area (Å²) in [6.07, 6.45) is 3.13. The van der Waals surface area contributed by atoms with Crippen molar-refractivity contribution in [2.24, 2.45) is 5.92 Å². The van der Waals surface area contributed by atoms with Crippen LogP contribution in [0, 0.1) is 5.92 Å². The molecule has 0 nitrogen and oxygen atoms in total. The van der Waals surface area contributed by atoms with Gasteiger partial charge in [-0.05, 0) is 25.7 Å². The van der Waals surface area contributed by atoms with E-state index < -0.39 is 6.17 Å². The lowest BCUT2D eigenvalue weighted by Gasteiger charge is -2.20. The van der Waals surface area contributed by atoms with Gasteiger partial charge in [0, 0.05) is 0 Å². The molecule has 0 bridgehead atoms. The molecule has 0 spiro atoms. The summed E-state index contributed by atoms with van der Waals surface area (Å²) in [5.41, 5.74) is 1.21. The molecule has 0 saturated carbocycles. The zero-order valence-corrected chi connectivity index (χ0v) is 6.02. The van der Waals surface area contributed by atoms with Gasteiger partial charge in [0.2, 0.25) is 0 Å². The molecule has 52 valence electrons. The molecule has 9 heavy (non-hydrogen) atoms. The molecular formula is C8H13F. The minimum Gasteiger partial charge on any atom is -0.247 e. The Hall–Kier alpha value is -0.330. The quantitative estimate of drug-likeness (QED) is 0.440. The highest BCUT2D eigenvalue weighted by Gasteiger charge is 2.19. The molecule has 2 unspecified atom stereocenters. The molecule has 0 radical (unpaired) electrons. The summed E-state index contributed by atoms with van der Waals surface area (Å²) in [4.78, 5) is 0. The van der Waals surface area contributed by atoms with Crippen LogP contribution in [0.2, 0.25) is 0 Å². The summed E-state index contributed by atoms with van der Waals surface area (Å²) in [7, 11) is 0. The lowest BCUT2D eigenvalue weighted by molar-refractivity contribution is 0.231. The molecule has 0 fully saturated rings. The topological polar surface area (TPSA) is 0 Å². The molecule has 1 heteroatoms. The Labute approximate surface area is 55.8 Å². The fourth-order valence-electron chi connectivity index (χ4n) is 1.13. The van der Waals surface area contributed by atoms with E-state index in [0.717, 1.165) is 6.42 Å². The van der Waals surface area contributed by atoms with Crippen molar-refractivity contribution in [3.8, 4) is 0 Å². The third kappa shape index (κ3) is 1.54. The van der Waals surface area contributed by atoms with Crippen molar-refractivity contribution in [2.45, 2.75) is 32.9 Å². The van der Waals surface area contributed by atoms with E-state index in [-0.39, 0.29) is 5.92 Å². The number of alkyl halides is 1. The van der Waals surface area contributed by atoms with Gasteiger partial charge in [0.1, 0.15) is 6.17 Å². The molecule has 0 aliphatic heterocycles. The van der Waals surface area contributed by atoms with Crippen LogP contribution in [0.4, 0.5) is 4.39 Å². The molecule has 0 N–H and O–H groups in total. The molecule has 0 aromatic rings. The van der Waals surface area contributed by atoms with Crippen molar-refractivity contribution in [2.75, 3.05) is 0 Å². The van der Waals surface area contributed by atoms with Gasteiger partial charge < -0.3 is 0 Å². The van der Waals surface area contributed by atoms with Crippen molar-refractivity contribution in [1.82, 2.24) is 0 Å². The Morgan fingerprint density at radius 2 is 2.33 bits per heavy atom. The number of halogens is 1. The summed E-state index contributed by atoms with van der Waals surface area (Å²) in [5.74, 6) is 0.244. The largest absolute Gasteiger partial charge is 0.247 e. The third-order valence-corrected chi connectivity index (χ3v) is 1.97. The van der Waals surface area contributed by atoms with Crippen LogP contribution in [0.25, 0.3) is 0 Å². The SMILES string of the molecule is CC1=CCC(C)C(F)C1. The highest BCUT2D eigenvalue weighted by atomic mass is 19.1. The van der Waals surface area contributed by atoms with Crippen LogP contribution in [0.15, 0.2) is 11.6 Å². The van der Waals surface area contributed by atoms with Crippen molar-refractivity contribution < 1.29 is 4.39 Å². The van der Waals surface area contributed by atoms with E-state index in [1.807, 2.05) is 13.8 Å². The predicted molar refractivity (Wildman–Crippen MR) is 37.1 cm³/mol. The second kappa shape index (κ2) is 2.51. The molecule has 2 atom stereocenters. The van der Waals surface area contributed by atoms with Crippen LogP contribution in [-0.2, 0) is 0 Å². The van der Waals surface area contributed by atoms with Crippen LogP contribution in [0.1, 0.15) is 26.7 Å². The first-order chi connectivity index (χ1) is 4.20. The highest BCUT2D eigenvalue weighted by Crippen LogP contribution is 2.25. The molecule has 0 aromatic carbocycles. The first kappa shape index (κ1) is 6.79. The van der Waals surface area contributed by atoms with Crippen LogP contribution in [0.5, 0.6) is 0 Å². The Bertz CT molecular complexity index is 127. The lowest BCUT2D eigenvalue weighted by atomic mass is 9.90. The van der Waals surface area contributed by atoms with Crippen molar-refractivity contribution in [3.05, 3.63) is 11.6 Å². The normalized spacial score (nSPS) is 36.1. The Kier molecular flexibility index (Phi) is 1.89. The lowest BCUT2D eigenvalue weighted by Crippen LogP contribution is -2.15. The Morgan fingerprint density at radius 1 is 1.67 bits per heavy atom. The van der Waals surface area contributed by atoms with Gasteiger partial charge >= 0.3 is 0 Å². The number of hydrogen-bond acceptors (Lipinski definition) is 0. The third-order valence-electron chi connectivity index (χ3n) is 1.97. The van der Waals surface area contributed by atoms with Crippen LogP contribution in [-0.4, -0.2) is 6.17 Å². The fraction of sp³-hybridized carbons (Fsp3) is 0.750. The van der Waals surface area contributed by atoms with E-state index in [2.05, 4.69) is 6.08 Å². The summed E-state index contributed by atoms with van der Waals surface area (Å²) in [6, 6.07) is 0. The predicted octanol–water partition coefficient (Wildman–Crippen LogP) is 2.70. The first-order valence-corrected chi connectivity index (χ1v) is 3.50. The van der Waals surface area contributed by atoms with E-state index >= 15 is 0 Å². The van der Waals surface area contributed by atoms with E-state index in [1.54, 1.807) is 0 Å². The van der Waals surface area contributed by atoms with Crippen molar-refractivity contribution >= 4 is 0 Å². The number of allylic oxidation sites excluding steroid dienone is 2. The maximum Gasteiger partial charge on any atom is 0.107 e. The van der Waals surface area contributed by atoms with Gasteiger partial charge in [0.05, 0.1) is 0 Å². The summed E-state index contributed by atoms with van der Waals surface area (Å²) >= 11 is 0. The monoisotopic (exact) mass is 128 g/mol. The van der Waals surface area contributed by atoms with Gasteiger partial charge in [-0.3, -0.25) is 0 Å². The first-order valence-electron chi connectivity index (χ1n) is 3.50. The summed E-state index contributed by atoms with van der Waals surface area (Å²) < 4.78 is 12.8. The minimum absolute atomic E-state index is 0.244. The number of rotatable bonds is 0. The Balaban J connectivity index is 2.54. The maximum absolute atomic E-state index is 12.8. The van der Waals surface area contributed by atoms with Gasteiger partial charge in [-0.2, -0.15) is 0 Å². The van der Waals surface area contributed by atoms with Gasteiger partial charge in [0.25, 0.3) is 0 Å².